The second-order valence-corrected chi connectivity index (χ2v) is 14.5. The van der Waals surface area contributed by atoms with Gasteiger partial charge in [0.2, 0.25) is 17.7 Å². The van der Waals surface area contributed by atoms with Crippen LogP contribution in [-0.4, -0.2) is 101 Å². The Balaban J connectivity index is 1.35. The molecule has 0 spiro atoms. The second-order valence-electron chi connectivity index (χ2n) is 14.5. The topological polar surface area (TPSA) is 138 Å². The van der Waals surface area contributed by atoms with Crippen molar-refractivity contribution in [3.05, 3.63) is 47.5 Å². The van der Waals surface area contributed by atoms with Crippen LogP contribution in [0.2, 0.25) is 0 Å². The smallest absolute Gasteiger partial charge is 0.270 e. The number of aromatic nitrogens is 2. The number of nitrogens with one attached hydrogen (secondary N) is 3. The molecular weight excluding hydrogens is 629 g/mol. The summed E-state index contributed by atoms with van der Waals surface area (Å²) in [6.07, 6.45) is 4.78. The predicted octanol–water partition coefficient (Wildman–Crippen LogP) is 3.56. The van der Waals surface area contributed by atoms with Crippen molar-refractivity contribution in [2.75, 3.05) is 39.1 Å². The lowest BCUT2D eigenvalue weighted by Gasteiger charge is -2.40. The molecule has 2 saturated carbocycles. The van der Waals surface area contributed by atoms with E-state index in [0.29, 0.717) is 42.7 Å². The van der Waals surface area contributed by atoms with Crippen LogP contribution in [0, 0.1) is 23.6 Å². The number of anilines is 1. The number of rotatable bonds is 14. The van der Waals surface area contributed by atoms with Crippen molar-refractivity contribution < 1.29 is 28.3 Å². The first-order valence-electron chi connectivity index (χ1n) is 17.6. The number of piperazine rings is 1. The number of hydrogen-bond acceptors (Lipinski definition) is 7. The highest BCUT2D eigenvalue weighted by molar-refractivity contribution is 6.01. The van der Waals surface area contributed by atoms with Gasteiger partial charge in [-0.15, -0.1) is 0 Å². The van der Waals surface area contributed by atoms with Crippen LogP contribution in [0.25, 0.3) is 0 Å². The van der Waals surface area contributed by atoms with E-state index < -0.39 is 47.6 Å². The summed E-state index contributed by atoms with van der Waals surface area (Å²) in [5, 5.41) is 12.9. The standard InChI is InChI=1S/C36H52FN7O5/c1-20(2)44-29(14-15-38-44)34(46)41-32(30(24-8-9-24)25-10-11-25)35(47)39-28-13-12-26(18-27(28)37)22(4)31(40-33(45)23(5)49-7)36(48)43-17-16-42(6)21(3)19-43/h12-15,18,20-25,30-32H,8-11,16-17,19H2,1-7H3,(H,39,47)(H,40,45)(H,41,46)/t21-,22+,23+,31-,32+/m1/s1. The summed E-state index contributed by atoms with van der Waals surface area (Å²) in [5.74, 6) is -2.18. The van der Waals surface area contributed by atoms with Gasteiger partial charge in [-0.1, -0.05) is 13.0 Å². The van der Waals surface area contributed by atoms with Crippen LogP contribution in [0.4, 0.5) is 10.1 Å². The zero-order valence-corrected chi connectivity index (χ0v) is 29.7. The number of amides is 4. The molecule has 1 aromatic carbocycles. The Hall–Kier alpha value is -3.84. The molecular formula is C36H52FN7O5. The number of ether oxygens (including phenoxy) is 1. The quantitative estimate of drug-likeness (QED) is 0.277. The van der Waals surface area contributed by atoms with Crippen LogP contribution >= 0.6 is 0 Å². The molecule has 2 aliphatic carbocycles. The van der Waals surface area contributed by atoms with Crippen LogP contribution in [0.3, 0.4) is 0 Å². The van der Waals surface area contributed by atoms with Gasteiger partial charge in [0.1, 0.15) is 29.7 Å². The number of halogens is 1. The number of methoxy groups -OCH3 is 1. The van der Waals surface area contributed by atoms with Gasteiger partial charge < -0.3 is 30.5 Å². The molecule has 49 heavy (non-hydrogen) atoms. The Morgan fingerprint density at radius 2 is 1.61 bits per heavy atom. The average Bonchev–Trinajstić information content (AvgIpc) is 4.03. The van der Waals surface area contributed by atoms with Gasteiger partial charge in [0, 0.05) is 50.9 Å². The van der Waals surface area contributed by atoms with Gasteiger partial charge in [0.25, 0.3) is 5.91 Å². The molecule has 0 bridgehead atoms. The number of benzene rings is 1. The molecule has 13 heteroatoms. The van der Waals surface area contributed by atoms with Crippen LogP contribution < -0.4 is 16.0 Å². The minimum absolute atomic E-state index is 0.0226. The molecule has 1 saturated heterocycles. The molecule has 268 valence electrons. The monoisotopic (exact) mass is 681 g/mol. The molecule has 1 aromatic heterocycles. The van der Waals surface area contributed by atoms with E-state index >= 15 is 4.39 Å². The van der Waals surface area contributed by atoms with Crippen molar-refractivity contribution in [1.82, 2.24) is 30.2 Å². The number of hydrogen-bond donors (Lipinski definition) is 3. The minimum Gasteiger partial charge on any atom is -0.372 e. The van der Waals surface area contributed by atoms with Gasteiger partial charge in [-0.2, -0.15) is 5.10 Å². The molecule has 5 rings (SSSR count). The van der Waals surface area contributed by atoms with Crippen molar-refractivity contribution in [2.45, 2.75) is 96.5 Å². The largest absolute Gasteiger partial charge is 0.372 e. The van der Waals surface area contributed by atoms with Crippen molar-refractivity contribution in [3.63, 3.8) is 0 Å². The molecule has 5 atom stereocenters. The van der Waals surface area contributed by atoms with E-state index in [-0.39, 0.29) is 29.6 Å². The highest BCUT2D eigenvalue weighted by Crippen LogP contribution is 2.51. The molecule has 3 fully saturated rings. The molecule has 4 amide bonds. The first-order chi connectivity index (χ1) is 23.3. The maximum absolute atomic E-state index is 15.8. The van der Waals surface area contributed by atoms with Crippen LogP contribution in [0.1, 0.15) is 88.3 Å². The summed E-state index contributed by atoms with van der Waals surface area (Å²) >= 11 is 0. The summed E-state index contributed by atoms with van der Waals surface area (Å²) < 4.78 is 22.6. The van der Waals surface area contributed by atoms with Gasteiger partial charge in [-0.05, 0) is 102 Å². The fourth-order valence-electron chi connectivity index (χ4n) is 6.89. The van der Waals surface area contributed by atoms with Crippen LogP contribution in [0.15, 0.2) is 30.5 Å². The van der Waals surface area contributed by atoms with Gasteiger partial charge in [0.15, 0.2) is 0 Å². The maximum Gasteiger partial charge on any atom is 0.270 e. The van der Waals surface area contributed by atoms with Crippen molar-refractivity contribution in [1.29, 1.82) is 0 Å². The van der Waals surface area contributed by atoms with Crippen molar-refractivity contribution in [2.24, 2.45) is 17.8 Å². The fourth-order valence-corrected chi connectivity index (χ4v) is 6.89. The number of nitrogens with zero attached hydrogens (tertiary/aromatic N) is 4. The number of carbonyl (C=O) groups is 4. The van der Waals surface area contributed by atoms with E-state index in [4.69, 9.17) is 4.74 Å². The normalized spacial score (nSPS) is 20.9. The maximum atomic E-state index is 15.8. The molecule has 1 aliphatic heterocycles. The Kier molecular flexibility index (Phi) is 11.4. The molecule has 0 radical (unpaired) electrons. The highest BCUT2D eigenvalue weighted by atomic mass is 19.1. The average molecular weight is 682 g/mol. The SMILES string of the molecule is CO[C@@H](C)C(=O)N[C@@H](C(=O)N1CCN(C)[C@H](C)C1)[C@@H](C)c1ccc(NC(=O)[C@@H](NC(=O)c2ccnn2C(C)C)C(C2CC2)C2CC2)c(F)c1. The Labute approximate surface area is 288 Å². The summed E-state index contributed by atoms with van der Waals surface area (Å²) in [6, 6.07) is 4.38. The third kappa shape index (κ3) is 8.49. The van der Waals surface area contributed by atoms with Crippen molar-refractivity contribution >= 4 is 29.3 Å². The van der Waals surface area contributed by atoms with Gasteiger partial charge >= 0.3 is 0 Å². The zero-order chi connectivity index (χ0) is 35.6. The molecule has 12 nitrogen and oxygen atoms in total. The lowest BCUT2D eigenvalue weighted by Crippen LogP contribution is -2.58. The van der Waals surface area contributed by atoms with Crippen LogP contribution in [-0.2, 0) is 19.1 Å². The Morgan fingerprint density at radius 3 is 2.18 bits per heavy atom. The lowest BCUT2D eigenvalue weighted by atomic mass is 9.88. The summed E-state index contributed by atoms with van der Waals surface area (Å²) in [6.45, 7) is 11.0. The summed E-state index contributed by atoms with van der Waals surface area (Å²) in [7, 11) is 3.43. The van der Waals surface area contributed by atoms with E-state index in [2.05, 4.69) is 25.9 Å². The number of carbonyl (C=O) groups excluding carboxylic acids is 4. The van der Waals surface area contributed by atoms with E-state index in [0.717, 1.165) is 25.7 Å². The lowest BCUT2D eigenvalue weighted by molar-refractivity contribution is -0.141. The summed E-state index contributed by atoms with van der Waals surface area (Å²) in [5.41, 5.74) is 0.831. The summed E-state index contributed by atoms with van der Waals surface area (Å²) in [4.78, 5) is 58.1. The minimum atomic E-state index is -0.961. The Morgan fingerprint density at radius 1 is 0.939 bits per heavy atom. The van der Waals surface area contributed by atoms with Gasteiger partial charge in [-0.25, -0.2) is 4.39 Å². The van der Waals surface area contributed by atoms with E-state index in [1.807, 2.05) is 27.8 Å². The Bertz CT molecular complexity index is 1510. The van der Waals surface area contributed by atoms with Gasteiger partial charge in [-0.3, -0.25) is 23.9 Å². The fraction of sp³-hybridized carbons (Fsp3) is 0.639. The van der Waals surface area contributed by atoms with E-state index in [1.54, 1.807) is 41.8 Å². The zero-order valence-electron chi connectivity index (χ0n) is 29.7. The predicted molar refractivity (Wildman–Crippen MR) is 183 cm³/mol. The van der Waals surface area contributed by atoms with E-state index in [9.17, 15) is 19.2 Å². The second kappa shape index (κ2) is 15.4. The molecule has 0 unspecified atom stereocenters. The van der Waals surface area contributed by atoms with E-state index in [1.165, 1.54) is 19.2 Å². The molecule has 2 heterocycles. The molecule has 3 N–H and O–H groups in total. The third-order valence-electron chi connectivity index (χ3n) is 10.5. The highest BCUT2D eigenvalue weighted by Gasteiger charge is 2.48. The van der Waals surface area contributed by atoms with Crippen LogP contribution in [0.5, 0.6) is 0 Å². The van der Waals surface area contributed by atoms with Gasteiger partial charge in [0.05, 0.1) is 5.69 Å². The number of likely N-dealkylation sites (N-methyl/N-ethyl adjacent to an activating group) is 1. The molecule has 2 aromatic rings. The van der Waals surface area contributed by atoms with Crippen molar-refractivity contribution in [3.8, 4) is 0 Å². The third-order valence-corrected chi connectivity index (χ3v) is 10.5. The molecule has 3 aliphatic rings. The first kappa shape index (κ1) is 36.4. The first-order valence-corrected chi connectivity index (χ1v) is 17.6.